The third-order valence-corrected chi connectivity index (χ3v) is 4.32. The standard InChI is InChI=1S/C23H21N7O/c1-15-10-12-25-20(13-15)30-22-14-21(26-16(2)27-22)28-17-6-8-18(9-7-17)29-23(31)19-5-3-4-11-24-19/h3-14H,1-2H3,(H,29,31)(H2,25,26,27,28,30). The van der Waals surface area contributed by atoms with Crippen LogP contribution in [0.4, 0.5) is 28.8 Å². The van der Waals surface area contributed by atoms with Crippen molar-refractivity contribution in [1.29, 1.82) is 0 Å². The van der Waals surface area contributed by atoms with Gasteiger partial charge in [0.15, 0.2) is 0 Å². The van der Waals surface area contributed by atoms with Crippen LogP contribution in [0.1, 0.15) is 21.9 Å². The van der Waals surface area contributed by atoms with E-state index in [4.69, 9.17) is 0 Å². The fourth-order valence-electron chi connectivity index (χ4n) is 2.91. The number of carbonyl (C=O) groups is 1. The maximum absolute atomic E-state index is 12.2. The van der Waals surface area contributed by atoms with Gasteiger partial charge in [0.1, 0.15) is 29.0 Å². The van der Waals surface area contributed by atoms with E-state index in [1.807, 2.05) is 56.3 Å². The third kappa shape index (κ3) is 5.39. The molecule has 0 radical (unpaired) electrons. The minimum absolute atomic E-state index is 0.256. The summed E-state index contributed by atoms with van der Waals surface area (Å²) in [4.78, 5) is 29.4. The van der Waals surface area contributed by atoms with Crippen molar-refractivity contribution in [3.05, 3.63) is 90.1 Å². The van der Waals surface area contributed by atoms with Gasteiger partial charge in [-0.05, 0) is 67.9 Å². The molecular formula is C23H21N7O. The number of nitrogens with zero attached hydrogens (tertiary/aromatic N) is 4. The second-order valence-electron chi connectivity index (χ2n) is 6.90. The second kappa shape index (κ2) is 9.00. The van der Waals surface area contributed by atoms with Crippen LogP contribution in [0.15, 0.2) is 73.1 Å². The summed E-state index contributed by atoms with van der Waals surface area (Å²) in [6, 6.07) is 18.3. The number of anilines is 5. The van der Waals surface area contributed by atoms with Crippen LogP contribution in [-0.2, 0) is 0 Å². The molecule has 154 valence electrons. The molecule has 0 saturated carbocycles. The Kier molecular flexibility index (Phi) is 5.79. The molecule has 0 aliphatic heterocycles. The number of aryl methyl sites for hydroxylation is 2. The van der Waals surface area contributed by atoms with Crippen LogP contribution in [0.2, 0.25) is 0 Å². The Morgan fingerprint density at radius 3 is 2.19 bits per heavy atom. The summed E-state index contributed by atoms with van der Waals surface area (Å²) in [7, 11) is 0. The Bertz CT molecular complexity index is 1190. The molecule has 0 atom stereocenters. The van der Waals surface area contributed by atoms with Crippen LogP contribution >= 0.6 is 0 Å². The number of rotatable bonds is 6. The first-order valence-corrected chi connectivity index (χ1v) is 9.70. The molecule has 0 spiro atoms. The highest BCUT2D eigenvalue weighted by molar-refractivity contribution is 6.02. The molecule has 3 aromatic heterocycles. The zero-order chi connectivity index (χ0) is 21.6. The largest absolute Gasteiger partial charge is 0.340 e. The molecule has 0 aliphatic rings. The van der Waals surface area contributed by atoms with Crippen LogP contribution in [0.25, 0.3) is 0 Å². The molecule has 1 aromatic carbocycles. The molecule has 31 heavy (non-hydrogen) atoms. The smallest absolute Gasteiger partial charge is 0.274 e. The minimum atomic E-state index is -0.256. The first kappa shape index (κ1) is 20.0. The van der Waals surface area contributed by atoms with E-state index in [-0.39, 0.29) is 5.91 Å². The Labute approximate surface area is 179 Å². The Morgan fingerprint density at radius 2 is 1.48 bits per heavy atom. The van der Waals surface area contributed by atoms with Crippen molar-refractivity contribution < 1.29 is 4.79 Å². The molecule has 0 saturated heterocycles. The van der Waals surface area contributed by atoms with Crippen LogP contribution in [0.5, 0.6) is 0 Å². The molecule has 8 heteroatoms. The molecule has 3 N–H and O–H groups in total. The van der Waals surface area contributed by atoms with E-state index in [0.717, 1.165) is 17.1 Å². The summed E-state index contributed by atoms with van der Waals surface area (Å²) in [5.74, 6) is 2.38. The van der Waals surface area contributed by atoms with Crippen molar-refractivity contribution in [2.75, 3.05) is 16.0 Å². The number of carbonyl (C=O) groups excluding carboxylic acids is 1. The summed E-state index contributed by atoms with van der Waals surface area (Å²) >= 11 is 0. The van der Waals surface area contributed by atoms with Crippen LogP contribution < -0.4 is 16.0 Å². The number of pyridine rings is 2. The number of nitrogens with one attached hydrogen (secondary N) is 3. The molecule has 0 fully saturated rings. The average Bonchev–Trinajstić information content (AvgIpc) is 2.75. The van der Waals surface area contributed by atoms with Gasteiger partial charge >= 0.3 is 0 Å². The molecular weight excluding hydrogens is 390 g/mol. The van der Waals surface area contributed by atoms with E-state index < -0.39 is 0 Å². The normalized spacial score (nSPS) is 10.4. The van der Waals surface area contributed by atoms with E-state index in [0.29, 0.717) is 28.8 Å². The molecule has 0 aliphatic carbocycles. The maximum Gasteiger partial charge on any atom is 0.274 e. The van der Waals surface area contributed by atoms with E-state index in [1.54, 1.807) is 30.6 Å². The van der Waals surface area contributed by atoms with Crippen molar-refractivity contribution in [2.24, 2.45) is 0 Å². The summed E-state index contributed by atoms with van der Waals surface area (Å²) in [6.45, 7) is 3.84. The Morgan fingerprint density at radius 1 is 0.742 bits per heavy atom. The van der Waals surface area contributed by atoms with Gasteiger partial charge in [-0.3, -0.25) is 9.78 Å². The van der Waals surface area contributed by atoms with Gasteiger partial charge < -0.3 is 16.0 Å². The van der Waals surface area contributed by atoms with Gasteiger partial charge in [-0.1, -0.05) is 6.07 Å². The van der Waals surface area contributed by atoms with Crippen molar-refractivity contribution >= 4 is 34.7 Å². The van der Waals surface area contributed by atoms with Crippen molar-refractivity contribution in [3.63, 3.8) is 0 Å². The Balaban J connectivity index is 1.44. The average molecular weight is 411 g/mol. The zero-order valence-corrected chi connectivity index (χ0v) is 17.1. The predicted octanol–water partition coefficient (Wildman–Crippen LogP) is 4.62. The molecule has 4 aromatic rings. The summed E-state index contributed by atoms with van der Waals surface area (Å²) < 4.78 is 0. The highest BCUT2D eigenvalue weighted by atomic mass is 16.1. The Hall–Kier alpha value is -4.33. The highest BCUT2D eigenvalue weighted by Crippen LogP contribution is 2.21. The van der Waals surface area contributed by atoms with E-state index in [2.05, 4.69) is 35.9 Å². The molecule has 3 heterocycles. The summed E-state index contributed by atoms with van der Waals surface area (Å²) in [5.41, 5.74) is 2.97. The number of hydrogen-bond donors (Lipinski definition) is 3. The lowest BCUT2D eigenvalue weighted by molar-refractivity contribution is 0.102. The second-order valence-corrected chi connectivity index (χ2v) is 6.90. The molecule has 1 amide bonds. The quantitative estimate of drug-likeness (QED) is 0.425. The van der Waals surface area contributed by atoms with E-state index >= 15 is 0 Å². The fraction of sp³-hybridized carbons (Fsp3) is 0.0870. The number of aromatic nitrogens is 4. The molecule has 0 unspecified atom stereocenters. The molecule has 8 nitrogen and oxygen atoms in total. The summed E-state index contributed by atoms with van der Waals surface area (Å²) in [6.07, 6.45) is 3.34. The van der Waals surface area contributed by atoms with Gasteiger partial charge in [0.05, 0.1) is 0 Å². The zero-order valence-electron chi connectivity index (χ0n) is 17.1. The van der Waals surface area contributed by atoms with Crippen LogP contribution in [0, 0.1) is 13.8 Å². The van der Waals surface area contributed by atoms with E-state index in [1.165, 1.54) is 0 Å². The third-order valence-electron chi connectivity index (χ3n) is 4.32. The van der Waals surface area contributed by atoms with Crippen molar-refractivity contribution in [1.82, 2.24) is 19.9 Å². The first-order chi connectivity index (χ1) is 15.0. The van der Waals surface area contributed by atoms with Crippen molar-refractivity contribution in [2.45, 2.75) is 13.8 Å². The van der Waals surface area contributed by atoms with Crippen LogP contribution in [-0.4, -0.2) is 25.8 Å². The topological polar surface area (TPSA) is 105 Å². The number of amides is 1. The van der Waals surface area contributed by atoms with Gasteiger partial charge in [0.2, 0.25) is 0 Å². The number of hydrogen-bond acceptors (Lipinski definition) is 7. The van der Waals surface area contributed by atoms with Gasteiger partial charge in [0.25, 0.3) is 5.91 Å². The van der Waals surface area contributed by atoms with E-state index in [9.17, 15) is 4.79 Å². The SMILES string of the molecule is Cc1ccnc(Nc2cc(Nc3ccc(NC(=O)c4ccccn4)cc3)nc(C)n2)c1. The first-order valence-electron chi connectivity index (χ1n) is 9.70. The highest BCUT2D eigenvalue weighted by Gasteiger charge is 2.07. The molecule has 4 rings (SSSR count). The lowest BCUT2D eigenvalue weighted by Gasteiger charge is -2.11. The minimum Gasteiger partial charge on any atom is -0.340 e. The lowest BCUT2D eigenvalue weighted by Crippen LogP contribution is -2.13. The predicted molar refractivity (Wildman–Crippen MR) is 121 cm³/mol. The number of benzene rings is 1. The van der Waals surface area contributed by atoms with Gasteiger partial charge in [-0.15, -0.1) is 0 Å². The maximum atomic E-state index is 12.2. The fourth-order valence-corrected chi connectivity index (χ4v) is 2.91. The lowest BCUT2D eigenvalue weighted by atomic mass is 10.2. The van der Waals surface area contributed by atoms with Gasteiger partial charge in [-0.2, -0.15) is 0 Å². The van der Waals surface area contributed by atoms with Crippen molar-refractivity contribution in [3.8, 4) is 0 Å². The summed E-state index contributed by atoms with van der Waals surface area (Å²) in [5, 5.41) is 9.29. The van der Waals surface area contributed by atoms with Gasteiger partial charge in [-0.25, -0.2) is 15.0 Å². The van der Waals surface area contributed by atoms with Gasteiger partial charge in [0, 0.05) is 29.8 Å². The van der Waals surface area contributed by atoms with Crippen LogP contribution in [0.3, 0.4) is 0 Å². The monoisotopic (exact) mass is 411 g/mol. The molecule has 0 bridgehead atoms.